The van der Waals surface area contributed by atoms with Crippen LogP contribution in [-0.4, -0.2) is 10.7 Å². The van der Waals surface area contributed by atoms with Gasteiger partial charge in [0, 0.05) is 11.9 Å². The maximum atomic E-state index is 4.16. The molecule has 0 amide bonds. The van der Waals surface area contributed by atoms with Gasteiger partial charge in [0.05, 0.1) is 5.35 Å². The van der Waals surface area contributed by atoms with Crippen LogP contribution in [0.25, 0.3) is 12.7 Å². The molecular formula is C10H11NS. The third-order valence-corrected chi connectivity index (χ3v) is 1.63. The lowest BCUT2D eigenvalue weighted by molar-refractivity contribution is 1.23. The maximum Gasteiger partial charge on any atom is 0.0695 e. The lowest BCUT2D eigenvalue weighted by Crippen LogP contribution is -2.25. The summed E-state index contributed by atoms with van der Waals surface area (Å²) in [6, 6.07) is 3.81. The van der Waals surface area contributed by atoms with Crippen LogP contribution >= 0.6 is 12.6 Å². The standard InChI is InChI=1S/C10H11NS/c1-9-5-4-7-11-10(9)6-2-3-8-12/h2-7,12H,1,8H2/b3-2+,10-6+. The molecule has 0 fully saturated rings. The second-order valence-electron chi connectivity index (χ2n) is 2.33. The topological polar surface area (TPSA) is 12.9 Å². The molecule has 1 aromatic rings. The molecule has 0 spiro atoms. The third kappa shape index (κ3) is 2.55. The van der Waals surface area contributed by atoms with Crippen LogP contribution < -0.4 is 10.6 Å². The van der Waals surface area contributed by atoms with E-state index in [0.717, 1.165) is 16.3 Å². The zero-order chi connectivity index (χ0) is 8.81. The van der Waals surface area contributed by atoms with Gasteiger partial charge in [0.15, 0.2) is 0 Å². The molecule has 0 saturated heterocycles. The second kappa shape index (κ2) is 4.78. The first-order valence-corrected chi connectivity index (χ1v) is 4.35. The molecule has 0 aliphatic heterocycles. The van der Waals surface area contributed by atoms with E-state index in [2.05, 4.69) is 24.2 Å². The Bertz CT molecular complexity index is 368. The number of allylic oxidation sites excluding steroid dienone is 1. The molecule has 1 rings (SSSR count). The summed E-state index contributed by atoms with van der Waals surface area (Å²) in [6.07, 6.45) is 7.58. The summed E-state index contributed by atoms with van der Waals surface area (Å²) in [4.78, 5) is 4.16. The van der Waals surface area contributed by atoms with Crippen molar-refractivity contribution in [3.05, 3.63) is 41.0 Å². The molecule has 0 aliphatic carbocycles. The molecule has 0 aliphatic rings. The summed E-state index contributed by atoms with van der Waals surface area (Å²) < 4.78 is 0. The SMILES string of the molecule is C=c1cccn/c1=C/C=C/CS. The van der Waals surface area contributed by atoms with E-state index in [1.807, 2.05) is 30.4 Å². The summed E-state index contributed by atoms with van der Waals surface area (Å²) in [5.41, 5.74) is 0. The van der Waals surface area contributed by atoms with Crippen LogP contribution in [0.3, 0.4) is 0 Å². The molecular weight excluding hydrogens is 166 g/mol. The van der Waals surface area contributed by atoms with Gasteiger partial charge in [0.2, 0.25) is 0 Å². The number of nitrogens with zero attached hydrogens (tertiary/aromatic N) is 1. The fourth-order valence-electron chi connectivity index (χ4n) is 0.821. The second-order valence-corrected chi connectivity index (χ2v) is 2.69. The Morgan fingerprint density at radius 2 is 2.42 bits per heavy atom. The molecule has 2 heteroatoms. The highest BCUT2D eigenvalue weighted by atomic mass is 32.1. The van der Waals surface area contributed by atoms with Crippen molar-refractivity contribution in [2.24, 2.45) is 0 Å². The van der Waals surface area contributed by atoms with Crippen molar-refractivity contribution >= 4 is 25.3 Å². The Kier molecular flexibility index (Phi) is 3.61. The predicted molar refractivity (Wildman–Crippen MR) is 56.5 cm³/mol. The number of thiol groups is 1. The van der Waals surface area contributed by atoms with Gasteiger partial charge in [-0.3, -0.25) is 4.98 Å². The first kappa shape index (κ1) is 9.07. The molecule has 0 saturated carbocycles. The van der Waals surface area contributed by atoms with Gasteiger partial charge in [0.25, 0.3) is 0 Å². The van der Waals surface area contributed by atoms with E-state index in [1.54, 1.807) is 6.20 Å². The Morgan fingerprint density at radius 3 is 3.08 bits per heavy atom. The monoisotopic (exact) mass is 177 g/mol. The predicted octanol–water partition coefficient (Wildman–Crippen LogP) is 0.758. The summed E-state index contributed by atoms with van der Waals surface area (Å²) in [7, 11) is 0. The van der Waals surface area contributed by atoms with E-state index in [-0.39, 0.29) is 0 Å². The zero-order valence-electron chi connectivity index (χ0n) is 6.77. The Morgan fingerprint density at radius 1 is 1.58 bits per heavy atom. The quantitative estimate of drug-likeness (QED) is 0.658. The lowest BCUT2D eigenvalue weighted by Gasteiger charge is -1.84. The van der Waals surface area contributed by atoms with Gasteiger partial charge >= 0.3 is 0 Å². The molecule has 0 N–H and O–H groups in total. The molecule has 62 valence electrons. The van der Waals surface area contributed by atoms with Crippen molar-refractivity contribution in [2.45, 2.75) is 0 Å². The first-order valence-electron chi connectivity index (χ1n) is 3.72. The summed E-state index contributed by atoms with van der Waals surface area (Å²) >= 11 is 4.05. The molecule has 0 aromatic carbocycles. The van der Waals surface area contributed by atoms with Crippen LogP contribution in [0.2, 0.25) is 0 Å². The van der Waals surface area contributed by atoms with Gasteiger partial charge in [0.1, 0.15) is 0 Å². The lowest BCUT2D eigenvalue weighted by atomic mass is 10.3. The zero-order valence-corrected chi connectivity index (χ0v) is 7.67. The largest absolute Gasteiger partial charge is 0.256 e. The highest BCUT2D eigenvalue weighted by molar-refractivity contribution is 7.80. The molecule has 0 bridgehead atoms. The summed E-state index contributed by atoms with van der Waals surface area (Å²) in [5, 5.41) is 1.86. The van der Waals surface area contributed by atoms with Crippen LogP contribution in [0.4, 0.5) is 0 Å². The fraction of sp³-hybridized carbons (Fsp3) is 0.100. The van der Waals surface area contributed by atoms with E-state index >= 15 is 0 Å². The minimum absolute atomic E-state index is 0.746. The third-order valence-electron chi connectivity index (χ3n) is 1.42. The van der Waals surface area contributed by atoms with Crippen molar-refractivity contribution in [3.8, 4) is 0 Å². The first-order chi connectivity index (χ1) is 5.84. The molecule has 1 heterocycles. The van der Waals surface area contributed by atoms with Gasteiger partial charge in [-0.05, 0) is 17.4 Å². The fourth-order valence-corrected chi connectivity index (χ4v) is 0.943. The van der Waals surface area contributed by atoms with Gasteiger partial charge in [-0.2, -0.15) is 12.6 Å². The summed E-state index contributed by atoms with van der Waals surface area (Å²) in [5.74, 6) is 0.746. The minimum atomic E-state index is 0.746. The van der Waals surface area contributed by atoms with Crippen LogP contribution in [0, 0.1) is 0 Å². The Hall–Kier alpha value is -1.02. The van der Waals surface area contributed by atoms with Crippen molar-refractivity contribution < 1.29 is 0 Å². The normalized spacial score (nSPS) is 12.6. The highest BCUT2D eigenvalue weighted by Gasteiger charge is 1.78. The highest BCUT2D eigenvalue weighted by Crippen LogP contribution is 1.77. The van der Waals surface area contributed by atoms with Gasteiger partial charge in [-0.1, -0.05) is 24.8 Å². The number of aromatic nitrogens is 1. The summed E-state index contributed by atoms with van der Waals surface area (Å²) in [6.45, 7) is 3.85. The Labute approximate surface area is 77.6 Å². The maximum absolute atomic E-state index is 4.16. The van der Waals surface area contributed by atoms with E-state index in [0.29, 0.717) is 0 Å². The minimum Gasteiger partial charge on any atom is -0.256 e. The molecule has 0 atom stereocenters. The van der Waals surface area contributed by atoms with Crippen LogP contribution in [-0.2, 0) is 0 Å². The smallest absolute Gasteiger partial charge is 0.0695 e. The van der Waals surface area contributed by atoms with Gasteiger partial charge in [-0.25, -0.2) is 0 Å². The molecule has 0 unspecified atom stereocenters. The van der Waals surface area contributed by atoms with Crippen molar-refractivity contribution in [2.75, 3.05) is 5.75 Å². The molecule has 1 aromatic heterocycles. The molecule has 0 radical (unpaired) electrons. The number of pyridine rings is 1. The molecule has 1 nitrogen and oxygen atoms in total. The van der Waals surface area contributed by atoms with Crippen LogP contribution in [0.5, 0.6) is 0 Å². The number of rotatable bonds is 2. The van der Waals surface area contributed by atoms with Gasteiger partial charge in [-0.15, -0.1) is 0 Å². The number of hydrogen-bond acceptors (Lipinski definition) is 2. The van der Waals surface area contributed by atoms with Crippen molar-refractivity contribution in [3.63, 3.8) is 0 Å². The van der Waals surface area contributed by atoms with Crippen LogP contribution in [0.15, 0.2) is 30.5 Å². The van der Waals surface area contributed by atoms with E-state index < -0.39 is 0 Å². The van der Waals surface area contributed by atoms with E-state index in [4.69, 9.17) is 0 Å². The van der Waals surface area contributed by atoms with Gasteiger partial charge < -0.3 is 0 Å². The van der Waals surface area contributed by atoms with Crippen molar-refractivity contribution in [1.82, 2.24) is 4.98 Å². The van der Waals surface area contributed by atoms with Crippen molar-refractivity contribution in [1.29, 1.82) is 0 Å². The number of hydrogen-bond donors (Lipinski definition) is 1. The Balaban J connectivity index is 3.03. The average Bonchev–Trinajstić information content (AvgIpc) is 2.09. The average molecular weight is 177 g/mol. The van der Waals surface area contributed by atoms with E-state index in [9.17, 15) is 0 Å². The van der Waals surface area contributed by atoms with Crippen LogP contribution in [0.1, 0.15) is 0 Å². The van der Waals surface area contributed by atoms with E-state index in [1.165, 1.54) is 0 Å². The molecule has 12 heavy (non-hydrogen) atoms.